The summed E-state index contributed by atoms with van der Waals surface area (Å²) in [5.74, 6) is -0.725. The minimum Gasteiger partial charge on any atom is -0.494 e. The number of nitrogens with zero attached hydrogens (tertiary/aromatic N) is 1. The molecule has 0 aliphatic rings. The van der Waals surface area contributed by atoms with Crippen molar-refractivity contribution in [1.29, 1.82) is 0 Å². The molecule has 0 atom stereocenters. The zero-order valence-corrected chi connectivity index (χ0v) is 29.5. The van der Waals surface area contributed by atoms with Crippen LogP contribution in [0.5, 0.6) is 5.75 Å². The van der Waals surface area contributed by atoms with Gasteiger partial charge in [0.15, 0.2) is 0 Å². The molecule has 0 radical (unpaired) electrons. The summed E-state index contributed by atoms with van der Waals surface area (Å²) in [6, 6.07) is 31.1. The molecule has 1 amide bonds. The molecule has 4 rings (SSSR count). The van der Waals surface area contributed by atoms with E-state index < -0.39 is 17.7 Å². The van der Waals surface area contributed by atoms with E-state index in [-0.39, 0.29) is 42.8 Å². The number of nitrogens with one attached hydrogen (secondary N) is 1. The topological polar surface area (TPSA) is 78.9 Å². The first-order chi connectivity index (χ1) is 23.1. The number of halogens is 5. The Bertz CT molecular complexity index is 1540. The third-order valence-corrected chi connectivity index (χ3v) is 7.88. The van der Waals surface area contributed by atoms with Crippen molar-refractivity contribution >= 4 is 46.1 Å². The van der Waals surface area contributed by atoms with Gasteiger partial charge in [-0.1, -0.05) is 119 Å². The summed E-state index contributed by atoms with van der Waals surface area (Å²) >= 11 is 8.47. The summed E-state index contributed by atoms with van der Waals surface area (Å²) in [6.07, 6.45) is -4.05. The number of benzene rings is 4. The number of aliphatic carboxylic acids is 1. The maximum absolute atomic E-state index is 13.7. The van der Waals surface area contributed by atoms with Crippen LogP contribution in [0.15, 0.2) is 103 Å². The molecule has 2 N–H and O–H groups in total. The minimum absolute atomic E-state index is 0.0359. The Labute approximate surface area is 298 Å². The lowest BCUT2D eigenvalue weighted by Crippen LogP contribution is -2.31. The second-order valence-electron chi connectivity index (χ2n) is 10.9. The van der Waals surface area contributed by atoms with E-state index in [1.165, 1.54) is 6.07 Å². The first-order valence-electron chi connectivity index (χ1n) is 15.3. The SMILES string of the molecule is CI.O=C(O)CCNC(=O)Cc1cccc(OCCCN(Cc2cccc(C(F)(F)F)c2Cl)CC(c2ccccc2)c2ccccc2)c1. The second kappa shape index (κ2) is 20.0. The second-order valence-corrected chi connectivity index (χ2v) is 11.3. The molecule has 48 heavy (non-hydrogen) atoms. The van der Waals surface area contributed by atoms with Crippen LogP contribution in [0, 0.1) is 0 Å². The number of amides is 1. The van der Waals surface area contributed by atoms with E-state index in [2.05, 4.69) is 57.1 Å². The van der Waals surface area contributed by atoms with Crippen LogP contribution in [-0.4, -0.2) is 53.1 Å². The van der Waals surface area contributed by atoms with Gasteiger partial charge in [0.25, 0.3) is 0 Å². The maximum atomic E-state index is 13.7. The van der Waals surface area contributed by atoms with Gasteiger partial charge >= 0.3 is 12.1 Å². The number of ether oxygens (including phenoxy) is 1. The largest absolute Gasteiger partial charge is 0.494 e. The molecule has 4 aromatic carbocycles. The highest BCUT2D eigenvalue weighted by molar-refractivity contribution is 14.1. The van der Waals surface area contributed by atoms with Crippen LogP contribution in [-0.2, 0) is 28.7 Å². The normalized spacial score (nSPS) is 11.2. The highest BCUT2D eigenvalue weighted by Crippen LogP contribution is 2.37. The molecule has 0 aromatic heterocycles. The summed E-state index contributed by atoms with van der Waals surface area (Å²) in [5, 5.41) is 11.0. The first kappa shape index (κ1) is 38.8. The third-order valence-electron chi connectivity index (χ3n) is 7.43. The molecule has 0 heterocycles. The molecule has 0 saturated heterocycles. The van der Waals surface area contributed by atoms with Crippen LogP contribution in [0.1, 0.15) is 46.6 Å². The molecular formula is C37H39ClF3IN2O4. The van der Waals surface area contributed by atoms with E-state index in [4.69, 9.17) is 21.4 Å². The number of alkyl halides is 4. The molecule has 0 aliphatic heterocycles. The van der Waals surface area contributed by atoms with Crippen molar-refractivity contribution < 1.29 is 32.6 Å². The Morgan fingerprint density at radius 2 is 1.54 bits per heavy atom. The van der Waals surface area contributed by atoms with E-state index in [9.17, 15) is 22.8 Å². The monoisotopic (exact) mass is 794 g/mol. The van der Waals surface area contributed by atoms with Gasteiger partial charge in [-0.2, -0.15) is 13.2 Å². The predicted molar refractivity (Wildman–Crippen MR) is 192 cm³/mol. The molecule has 0 fully saturated rings. The Balaban J connectivity index is 0.00000307. The van der Waals surface area contributed by atoms with E-state index in [0.717, 1.165) is 22.8 Å². The van der Waals surface area contributed by atoms with Crippen LogP contribution in [0.4, 0.5) is 13.2 Å². The number of carbonyl (C=O) groups excluding carboxylic acids is 1. The molecule has 0 unspecified atom stereocenters. The van der Waals surface area contributed by atoms with Crippen LogP contribution >= 0.6 is 34.2 Å². The van der Waals surface area contributed by atoms with Crippen LogP contribution in [0.25, 0.3) is 0 Å². The van der Waals surface area contributed by atoms with Gasteiger partial charge in [0.05, 0.1) is 30.0 Å². The average molecular weight is 795 g/mol. The van der Waals surface area contributed by atoms with E-state index >= 15 is 0 Å². The molecule has 256 valence electrons. The molecule has 0 aliphatic carbocycles. The fourth-order valence-corrected chi connectivity index (χ4v) is 5.50. The quantitative estimate of drug-likeness (QED) is 0.0675. The lowest BCUT2D eigenvalue weighted by Gasteiger charge is -2.29. The van der Waals surface area contributed by atoms with E-state index in [0.29, 0.717) is 37.4 Å². The van der Waals surface area contributed by atoms with Gasteiger partial charge in [-0.15, -0.1) is 0 Å². The number of hydrogen-bond donors (Lipinski definition) is 2. The van der Waals surface area contributed by atoms with Crippen molar-refractivity contribution in [3.05, 3.63) is 136 Å². The number of carboxylic acids is 1. The molecule has 0 spiro atoms. The van der Waals surface area contributed by atoms with Crippen LogP contribution in [0.3, 0.4) is 0 Å². The summed E-state index contributed by atoms with van der Waals surface area (Å²) < 4.78 is 46.9. The van der Waals surface area contributed by atoms with Gasteiger partial charge in [0.2, 0.25) is 5.91 Å². The van der Waals surface area contributed by atoms with Gasteiger partial charge in [-0.05, 0) is 51.8 Å². The third kappa shape index (κ3) is 12.8. The number of carboxylic acid groups (broad SMARTS) is 1. The summed E-state index contributed by atoms with van der Waals surface area (Å²) in [7, 11) is 0. The molecule has 4 aromatic rings. The van der Waals surface area contributed by atoms with E-state index in [1.54, 1.807) is 30.3 Å². The van der Waals surface area contributed by atoms with E-state index in [1.807, 2.05) is 41.3 Å². The number of rotatable bonds is 16. The molecule has 11 heteroatoms. The Morgan fingerprint density at radius 3 is 2.15 bits per heavy atom. The van der Waals surface area contributed by atoms with Crippen LogP contribution < -0.4 is 10.1 Å². The fraction of sp³-hybridized carbons (Fsp3) is 0.297. The lowest BCUT2D eigenvalue weighted by atomic mass is 9.90. The van der Waals surface area contributed by atoms with Crippen molar-refractivity contribution in [2.24, 2.45) is 0 Å². The minimum atomic E-state index is -4.56. The number of hydrogen-bond acceptors (Lipinski definition) is 4. The average Bonchev–Trinajstić information content (AvgIpc) is 3.07. The first-order valence-corrected chi connectivity index (χ1v) is 17.9. The molecule has 0 bridgehead atoms. The van der Waals surface area contributed by atoms with Crippen molar-refractivity contribution in [3.63, 3.8) is 0 Å². The smallest absolute Gasteiger partial charge is 0.417 e. The highest BCUT2D eigenvalue weighted by Gasteiger charge is 2.34. The van der Waals surface area contributed by atoms with Gasteiger partial charge in [0.1, 0.15) is 5.75 Å². The predicted octanol–water partition coefficient (Wildman–Crippen LogP) is 8.65. The summed E-state index contributed by atoms with van der Waals surface area (Å²) in [5.41, 5.74) is 2.45. The molecule has 0 saturated carbocycles. The van der Waals surface area contributed by atoms with Gasteiger partial charge in [0, 0.05) is 32.1 Å². The molecule has 6 nitrogen and oxygen atoms in total. The van der Waals surface area contributed by atoms with Crippen molar-refractivity contribution in [2.75, 3.05) is 31.2 Å². The zero-order valence-electron chi connectivity index (χ0n) is 26.6. The van der Waals surface area contributed by atoms with Gasteiger partial charge < -0.3 is 15.2 Å². The van der Waals surface area contributed by atoms with Crippen LogP contribution in [0.2, 0.25) is 5.02 Å². The standard InChI is InChI=1S/C36H36ClF3N2O4.CH3I/c37-35-29(15-8-17-32(35)36(38,39)40)24-42(25-31(27-11-3-1-4-12-27)28-13-5-2-6-14-28)20-9-21-46-30-16-7-10-26(22-30)23-33(43)41-19-18-34(44)45;1-2/h1-8,10-17,22,31H,9,18-21,23-25H2,(H,41,43)(H,44,45);1H3. The maximum Gasteiger partial charge on any atom is 0.417 e. The Hall–Kier alpha value is -3.61. The van der Waals surface area contributed by atoms with Crippen molar-refractivity contribution in [2.45, 2.75) is 37.9 Å². The fourth-order valence-electron chi connectivity index (χ4n) is 5.21. The Morgan fingerprint density at radius 1 is 0.917 bits per heavy atom. The van der Waals surface area contributed by atoms with Crippen molar-refractivity contribution in [1.82, 2.24) is 10.2 Å². The van der Waals surface area contributed by atoms with Gasteiger partial charge in [-0.25, -0.2) is 0 Å². The zero-order chi connectivity index (χ0) is 34.9. The lowest BCUT2D eigenvalue weighted by molar-refractivity contribution is -0.138. The molecular weight excluding hydrogens is 756 g/mol. The summed E-state index contributed by atoms with van der Waals surface area (Å²) in [6.45, 7) is 1.66. The summed E-state index contributed by atoms with van der Waals surface area (Å²) in [4.78, 5) is 26.9. The van der Waals surface area contributed by atoms with Crippen molar-refractivity contribution in [3.8, 4) is 5.75 Å². The Kier molecular flexibility index (Phi) is 16.2. The highest BCUT2D eigenvalue weighted by atomic mass is 127. The van der Waals surface area contributed by atoms with Gasteiger partial charge in [-0.3, -0.25) is 14.5 Å². The number of carbonyl (C=O) groups is 2.